The van der Waals surface area contributed by atoms with Crippen LogP contribution in [-0.2, 0) is 4.74 Å². The summed E-state index contributed by atoms with van der Waals surface area (Å²) in [5, 5.41) is 3.55. The molecule has 19 heavy (non-hydrogen) atoms. The smallest absolute Gasteiger partial charge is 0.124 e. The van der Waals surface area contributed by atoms with Gasteiger partial charge in [-0.1, -0.05) is 25.1 Å². The Morgan fingerprint density at radius 1 is 1.42 bits per heavy atom. The summed E-state index contributed by atoms with van der Waals surface area (Å²) < 4.78 is 11.4. The fraction of sp³-hybridized carbons (Fsp3) is 0.625. The Morgan fingerprint density at radius 3 is 3.00 bits per heavy atom. The molecule has 3 nitrogen and oxygen atoms in total. The molecule has 1 saturated heterocycles. The largest absolute Gasteiger partial charge is 0.493 e. The van der Waals surface area contributed by atoms with Gasteiger partial charge in [-0.25, -0.2) is 0 Å². The molecule has 1 aromatic rings. The summed E-state index contributed by atoms with van der Waals surface area (Å²) in [6.45, 7) is 6.92. The Bertz CT molecular complexity index is 375. The summed E-state index contributed by atoms with van der Waals surface area (Å²) in [7, 11) is 0. The van der Waals surface area contributed by atoms with E-state index in [4.69, 9.17) is 9.47 Å². The Hall–Kier alpha value is -1.06. The summed E-state index contributed by atoms with van der Waals surface area (Å²) >= 11 is 0. The highest BCUT2D eigenvalue weighted by molar-refractivity contribution is 5.35. The van der Waals surface area contributed by atoms with Crippen LogP contribution in [-0.4, -0.2) is 25.9 Å². The molecule has 0 aliphatic carbocycles. The van der Waals surface area contributed by atoms with E-state index in [2.05, 4.69) is 37.4 Å². The second-order valence-corrected chi connectivity index (χ2v) is 5.15. The van der Waals surface area contributed by atoms with Crippen molar-refractivity contribution in [2.45, 2.75) is 45.3 Å². The van der Waals surface area contributed by atoms with Crippen LogP contribution in [0, 0.1) is 0 Å². The zero-order valence-electron chi connectivity index (χ0n) is 12.0. The van der Waals surface area contributed by atoms with Gasteiger partial charge in [0, 0.05) is 24.8 Å². The maximum absolute atomic E-state index is 5.81. The van der Waals surface area contributed by atoms with Crippen LogP contribution in [0.5, 0.6) is 5.75 Å². The van der Waals surface area contributed by atoms with Crippen LogP contribution in [0.3, 0.4) is 0 Å². The summed E-state index contributed by atoms with van der Waals surface area (Å²) in [4.78, 5) is 0. The number of rotatable bonds is 7. The van der Waals surface area contributed by atoms with Crippen molar-refractivity contribution in [3.63, 3.8) is 0 Å². The van der Waals surface area contributed by atoms with Crippen LogP contribution >= 0.6 is 0 Å². The molecule has 2 atom stereocenters. The molecule has 1 aromatic carbocycles. The van der Waals surface area contributed by atoms with E-state index in [0.717, 1.165) is 31.9 Å². The fourth-order valence-electron chi connectivity index (χ4n) is 2.41. The highest BCUT2D eigenvalue weighted by Gasteiger charge is 2.17. The van der Waals surface area contributed by atoms with E-state index in [9.17, 15) is 0 Å². The number of hydrogen-bond donors (Lipinski definition) is 1. The Morgan fingerprint density at radius 2 is 2.26 bits per heavy atom. The first-order chi connectivity index (χ1) is 9.31. The van der Waals surface area contributed by atoms with E-state index in [1.807, 2.05) is 6.07 Å². The number of ether oxygens (including phenoxy) is 2. The zero-order chi connectivity index (χ0) is 13.5. The standard InChI is InChI=1S/C16H25NO2/c1-3-10-19-16-9-5-4-8-15(16)13(2)17-12-14-7-6-11-18-14/h4-5,8-9,13-14,17H,3,6-7,10-12H2,1-2H3/t13-,14+/m1/s1. The van der Waals surface area contributed by atoms with Gasteiger partial charge in [-0.05, 0) is 32.3 Å². The lowest BCUT2D eigenvalue weighted by Gasteiger charge is -2.20. The molecule has 1 aliphatic heterocycles. The van der Waals surface area contributed by atoms with E-state index >= 15 is 0 Å². The van der Waals surface area contributed by atoms with E-state index < -0.39 is 0 Å². The van der Waals surface area contributed by atoms with Crippen molar-refractivity contribution in [2.24, 2.45) is 0 Å². The molecule has 0 unspecified atom stereocenters. The van der Waals surface area contributed by atoms with Gasteiger partial charge in [0.1, 0.15) is 5.75 Å². The molecule has 0 aromatic heterocycles. The van der Waals surface area contributed by atoms with Crippen molar-refractivity contribution in [1.82, 2.24) is 5.32 Å². The summed E-state index contributed by atoms with van der Waals surface area (Å²) in [6, 6.07) is 8.57. The number of hydrogen-bond acceptors (Lipinski definition) is 3. The zero-order valence-corrected chi connectivity index (χ0v) is 12.0. The minimum absolute atomic E-state index is 0.289. The van der Waals surface area contributed by atoms with Crippen molar-refractivity contribution < 1.29 is 9.47 Å². The van der Waals surface area contributed by atoms with Crippen LogP contribution < -0.4 is 10.1 Å². The van der Waals surface area contributed by atoms with Crippen molar-refractivity contribution >= 4 is 0 Å². The second-order valence-electron chi connectivity index (χ2n) is 5.15. The first-order valence-corrected chi connectivity index (χ1v) is 7.38. The molecular weight excluding hydrogens is 238 g/mol. The van der Waals surface area contributed by atoms with E-state index in [1.165, 1.54) is 18.4 Å². The molecule has 0 bridgehead atoms. The molecule has 106 valence electrons. The molecule has 0 saturated carbocycles. The normalized spacial score (nSPS) is 20.4. The van der Waals surface area contributed by atoms with Gasteiger partial charge < -0.3 is 14.8 Å². The molecule has 0 radical (unpaired) electrons. The lowest BCUT2D eigenvalue weighted by Crippen LogP contribution is -2.28. The SMILES string of the molecule is CCCOc1ccccc1[C@@H](C)NC[C@@H]1CCCO1. The van der Waals surface area contributed by atoms with E-state index in [1.54, 1.807) is 0 Å². The average molecular weight is 263 g/mol. The lowest BCUT2D eigenvalue weighted by molar-refractivity contribution is 0.108. The maximum Gasteiger partial charge on any atom is 0.124 e. The quantitative estimate of drug-likeness (QED) is 0.818. The number of nitrogens with one attached hydrogen (secondary N) is 1. The molecule has 0 amide bonds. The van der Waals surface area contributed by atoms with Gasteiger partial charge in [0.05, 0.1) is 12.7 Å². The minimum atomic E-state index is 0.289. The topological polar surface area (TPSA) is 30.5 Å². The lowest BCUT2D eigenvalue weighted by atomic mass is 10.1. The fourth-order valence-corrected chi connectivity index (χ4v) is 2.41. The molecule has 1 aliphatic rings. The third-order valence-corrected chi connectivity index (χ3v) is 3.52. The first-order valence-electron chi connectivity index (χ1n) is 7.38. The average Bonchev–Trinajstić information content (AvgIpc) is 2.96. The van der Waals surface area contributed by atoms with Crippen LogP contribution in [0.15, 0.2) is 24.3 Å². The molecule has 3 heteroatoms. The molecule has 1 fully saturated rings. The first kappa shape index (κ1) is 14.4. The molecular formula is C16H25NO2. The third kappa shape index (κ3) is 4.22. The second kappa shape index (κ2) is 7.51. The van der Waals surface area contributed by atoms with Gasteiger partial charge in [0.25, 0.3) is 0 Å². The highest BCUT2D eigenvalue weighted by atomic mass is 16.5. The van der Waals surface area contributed by atoms with Gasteiger partial charge in [-0.2, -0.15) is 0 Å². The van der Waals surface area contributed by atoms with Crippen LogP contribution in [0.4, 0.5) is 0 Å². The van der Waals surface area contributed by atoms with E-state index in [0.29, 0.717) is 6.10 Å². The van der Waals surface area contributed by atoms with Gasteiger partial charge in [0.15, 0.2) is 0 Å². The summed E-state index contributed by atoms with van der Waals surface area (Å²) in [5.74, 6) is 0.997. The van der Waals surface area contributed by atoms with Crippen molar-refractivity contribution in [1.29, 1.82) is 0 Å². The summed E-state index contributed by atoms with van der Waals surface area (Å²) in [5.41, 5.74) is 1.23. The number of para-hydroxylation sites is 1. The van der Waals surface area contributed by atoms with Crippen molar-refractivity contribution in [3.8, 4) is 5.75 Å². The van der Waals surface area contributed by atoms with Crippen LogP contribution in [0.2, 0.25) is 0 Å². The van der Waals surface area contributed by atoms with Crippen LogP contribution in [0.1, 0.15) is 44.7 Å². The Kier molecular flexibility index (Phi) is 5.67. The van der Waals surface area contributed by atoms with Gasteiger partial charge >= 0.3 is 0 Å². The predicted octanol–water partition coefficient (Wildman–Crippen LogP) is 3.31. The third-order valence-electron chi connectivity index (χ3n) is 3.52. The number of benzene rings is 1. The van der Waals surface area contributed by atoms with Crippen molar-refractivity contribution in [2.75, 3.05) is 19.8 Å². The maximum atomic E-state index is 5.81. The van der Waals surface area contributed by atoms with Gasteiger partial charge in [-0.3, -0.25) is 0 Å². The Labute approximate surface area is 116 Å². The minimum Gasteiger partial charge on any atom is -0.493 e. The van der Waals surface area contributed by atoms with Gasteiger partial charge in [-0.15, -0.1) is 0 Å². The molecule has 0 spiro atoms. The molecule has 1 heterocycles. The Balaban J connectivity index is 1.91. The molecule has 1 N–H and O–H groups in total. The van der Waals surface area contributed by atoms with Gasteiger partial charge in [0.2, 0.25) is 0 Å². The monoisotopic (exact) mass is 263 g/mol. The van der Waals surface area contributed by atoms with Crippen molar-refractivity contribution in [3.05, 3.63) is 29.8 Å². The summed E-state index contributed by atoms with van der Waals surface area (Å²) in [6.07, 6.45) is 3.78. The van der Waals surface area contributed by atoms with Crippen LogP contribution in [0.25, 0.3) is 0 Å². The predicted molar refractivity (Wildman–Crippen MR) is 77.6 cm³/mol. The van der Waals surface area contributed by atoms with E-state index in [-0.39, 0.29) is 6.04 Å². The molecule has 2 rings (SSSR count). The highest BCUT2D eigenvalue weighted by Crippen LogP contribution is 2.25.